The van der Waals surface area contributed by atoms with E-state index < -0.39 is 12.1 Å². The monoisotopic (exact) mass is 280 g/mol. The summed E-state index contributed by atoms with van der Waals surface area (Å²) in [5.41, 5.74) is 0.556. The number of anilines is 1. The number of methoxy groups -OCH3 is 2. The van der Waals surface area contributed by atoms with Crippen molar-refractivity contribution in [2.75, 3.05) is 33.2 Å². The summed E-state index contributed by atoms with van der Waals surface area (Å²) in [5.74, 6) is 0.768. The van der Waals surface area contributed by atoms with E-state index in [2.05, 4.69) is 5.32 Å². The number of cyclic esters (lactones) is 1. The number of rotatable bonds is 4. The molecule has 1 heterocycles. The predicted molar refractivity (Wildman–Crippen MR) is 71.1 cm³/mol. The first-order chi connectivity index (χ1) is 9.56. The summed E-state index contributed by atoms with van der Waals surface area (Å²) < 4.78 is 15.1. The van der Waals surface area contributed by atoms with Crippen molar-refractivity contribution in [3.05, 3.63) is 18.2 Å². The van der Waals surface area contributed by atoms with Gasteiger partial charge < -0.3 is 19.5 Å². The Morgan fingerprint density at radius 1 is 1.35 bits per heavy atom. The van der Waals surface area contributed by atoms with Gasteiger partial charge in [0.25, 0.3) is 5.91 Å². The van der Waals surface area contributed by atoms with Crippen molar-refractivity contribution in [1.82, 2.24) is 4.90 Å². The van der Waals surface area contributed by atoms with E-state index in [4.69, 9.17) is 14.2 Å². The fraction of sp³-hybridized carbons (Fsp3) is 0.385. The number of carbonyl (C=O) groups excluding carboxylic acids is 2. The molecule has 0 aliphatic carbocycles. The molecule has 1 aliphatic heterocycles. The lowest BCUT2D eigenvalue weighted by Crippen LogP contribution is -2.40. The molecule has 1 aliphatic rings. The van der Waals surface area contributed by atoms with Gasteiger partial charge in [-0.2, -0.15) is 0 Å². The molecule has 2 amide bonds. The molecule has 1 atom stereocenters. The second-order valence-corrected chi connectivity index (χ2v) is 4.26. The van der Waals surface area contributed by atoms with Crippen LogP contribution in [0, 0.1) is 0 Å². The largest absolute Gasteiger partial charge is 0.493 e. The standard InChI is InChI=1S/C13H16N2O5/c1-15-9(7-20-13(15)17)12(16)14-8-4-5-10(18-2)11(6-8)19-3/h4-6,9H,7H2,1-3H3,(H,14,16). The van der Waals surface area contributed by atoms with Gasteiger partial charge in [-0.3, -0.25) is 9.69 Å². The molecule has 7 nitrogen and oxygen atoms in total. The number of nitrogens with zero attached hydrogens (tertiary/aromatic N) is 1. The molecule has 0 aromatic heterocycles. The lowest BCUT2D eigenvalue weighted by molar-refractivity contribution is -0.119. The lowest BCUT2D eigenvalue weighted by Gasteiger charge is -2.16. The first-order valence-electron chi connectivity index (χ1n) is 5.99. The molecule has 1 aromatic carbocycles. The molecule has 108 valence electrons. The Kier molecular flexibility index (Phi) is 3.97. The smallest absolute Gasteiger partial charge is 0.410 e. The van der Waals surface area contributed by atoms with Crippen LogP contribution in [-0.2, 0) is 9.53 Å². The van der Waals surface area contributed by atoms with Gasteiger partial charge in [-0.1, -0.05) is 0 Å². The first kappa shape index (κ1) is 14.0. The van der Waals surface area contributed by atoms with Gasteiger partial charge in [-0.25, -0.2) is 4.79 Å². The van der Waals surface area contributed by atoms with Gasteiger partial charge in [0.05, 0.1) is 14.2 Å². The van der Waals surface area contributed by atoms with Crippen LogP contribution in [-0.4, -0.2) is 50.8 Å². The number of amides is 2. The van der Waals surface area contributed by atoms with Crippen LogP contribution in [0.15, 0.2) is 18.2 Å². The fourth-order valence-corrected chi connectivity index (χ4v) is 1.88. The topological polar surface area (TPSA) is 77.1 Å². The van der Waals surface area contributed by atoms with E-state index in [0.717, 1.165) is 0 Å². The molecular formula is C13H16N2O5. The van der Waals surface area contributed by atoms with Crippen molar-refractivity contribution in [2.45, 2.75) is 6.04 Å². The number of nitrogens with one attached hydrogen (secondary N) is 1. The van der Waals surface area contributed by atoms with E-state index in [1.807, 2.05) is 0 Å². The Morgan fingerprint density at radius 3 is 2.60 bits per heavy atom. The third kappa shape index (κ3) is 2.61. The molecule has 1 fully saturated rings. The highest BCUT2D eigenvalue weighted by atomic mass is 16.6. The number of likely N-dealkylation sites (N-methyl/N-ethyl adjacent to an activating group) is 1. The number of carbonyl (C=O) groups is 2. The normalized spacial score (nSPS) is 17.6. The van der Waals surface area contributed by atoms with Crippen LogP contribution >= 0.6 is 0 Å². The van der Waals surface area contributed by atoms with Gasteiger partial charge in [-0.15, -0.1) is 0 Å². The second kappa shape index (κ2) is 5.68. The zero-order valence-electron chi connectivity index (χ0n) is 11.5. The molecule has 0 bridgehead atoms. The van der Waals surface area contributed by atoms with Crippen molar-refractivity contribution in [1.29, 1.82) is 0 Å². The average Bonchev–Trinajstić information content (AvgIpc) is 2.79. The SMILES string of the molecule is COc1ccc(NC(=O)C2COC(=O)N2C)cc1OC. The molecule has 2 rings (SSSR count). The first-order valence-corrected chi connectivity index (χ1v) is 5.99. The highest BCUT2D eigenvalue weighted by molar-refractivity contribution is 5.97. The summed E-state index contributed by atoms with van der Waals surface area (Å²) in [4.78, 5) is 24.5. The van der Waals surface area contributed by atoms with E-state index in [0.29, 0.717) is 17.2 Å². The van der Waals surface area contributed by atoms with Crippen LogP contribution < -0.4 is 14.8 Å². The van der Waals surface area contributed by atoms with Gasteiger partial charge in [0.1, 0.15) is 12.6 Å². The van der Waals surface area contributed by atoms with E-state index >= 15 is 0 Å². The number of benzene rings is 1. The highest BCUT2D eigenvalue weighted by Crippen LogP contribution is 2.29. The van der Waals surface area contributed by atoms with Crippen LogP contribution in [0.5, 0.6) is 11.5 Å². The highest BCUT2D eigenvalue weighted by Gasteiger charge is 2.35. The Labute approximate surface area is 116 Å². The number of hydrogen-bond acceptors (Lipinski definition) is 5. The predicted octanol–water partition coefficient (Wildman–Crippen LogP) is 1.09. The van der Waals surface area contributed by atoms with Crippen molar-refractivity contribution < 1.29 is 23.8 Å². The van der Waals surface area contributed by atoms with E-state index in [-0.39, 0.29) is 12.5 Å². The molecule has 1 unspecified atom stereocenters. The molecule has 0 spiro atoms. The van der Waals surface area contributed by atoms with Crippen LogP contribution in [0.3, 0.4) is 0 Å². The lowest BCUT2D eigenvalue weighted by atomic mass is 10.2. The van der Waals surface area contributed by atoms with Crippen LogP contribution in [0.4, 0.5) is 10.5 Å². The average molecular weight is 280 g/mol. The second-order valence-electron chi connectivity index (χ2n) is 4.26. The fourth-order valence-electron chi connectivity index (χ4n) is 1.88. The van der Waals surface area contributed by atoms with Gasteiger partial charge in [0, 0.05) is 18.8 Å². The molecule has 0 saturated carbocycles. The third-order valence-corrected chi connectivity index (χ3v) is 3.07. The molecular weight excluding hydrogens is 264 g/mol. The van der Waals surface area contributed by atoms with Gasteiger partial charge in [0.2, 0.25) is 0 Å². The third-order valence-electron chi connectivity index (χ3n) is 3.07. The summed E-state index contributed by atoms with van der Waals surface area (Å²) in [7, 11) is 4.57. The van der Waals surface area contributed by atoms with Crippen molar-refractivity contribution in [3.8, 4) is 11.5 Å². The number of hydrogen-bond donors (Lipinski definition) is 1. The minimum absolute atomic E-state index is 0.0501. The van der Waals surface area contributed by atoms with E-state index in [1.165, 1.54) is 26.2 Å². The zero-order chi connectivity index (χ0) is 14.7. The van der Waals surface area contributed by atoms with Crippen molar-refractivity contribution in [3.63, 3.8) is 0 Å². The molecule has 0 radical (unpaired) electrons. The Morgan fingerprint density at radius 2 is 2.05 bits per heavy atom. The summed E-state index contributed by atoms with van der Waals surface area (Å²) >= 11 is 0. The molecule has 1 saturated heterocycles. The van der Waals surface area contributed by atoms with Gasteiger partial charge in [0.15, 0.2) is 11.5 Å². The summed E-state index contributed by atoms with van der Waals surface area (Å²) in [5, 5.41) is 2.71. The summed E-state index contributed by atoms with van der Waals surface area (Å²) in [6.45, 7) is 0.0501. The van der Waals surface area contributed by atoms with Crippen LogP contribution in [0.1, 0.15) is 0 Å². The Balaban J connectivity index is 2.10. The molecule has 20 heavy (non-hydrogen) atoms. The molecule has 7 heteroatoms. The van der Waals surface area contributed by atoms with Crippen LogP contribution in [0.2, 0.25) is 0 Å². The number of ether oxygens (including phenoxy) is 3. The zero-order valence-corrected chi connectivity index (χ0v) is 11.5. The van der Waals surface area contributed by atoms with Crippen molar-refractivity contribution in [2.24, 2.45) is 0 Å². The van der Waals surface area contributed by atoms with Gasteiger partial charge in [-0.05, 0) is 12.1 Å². The molecule has 1 N–H and O–H groups in total. The van der Waals surface area contributed by atoms with E-state index in [1.54, 1.807) is 18.2 Å². The van der Waals surface area contributed by atoms with Crippen LogP contribution in [0.25, 0.3) is 0 Å². The van der Waals surface area contributed by atoms with Crippen molar-refractivity contribution >= 4 is 17.7 Å². The minimum Gasteiger partial charge on any atom is -0.493 e. The summed E-state index contributed by atoms with van der Waals surface area (Å²) in [6.07, 6.45) is -0.502. The maximum absolute atomic E-state index is 12.1. The maximum atomic E-state index is 12.1. The Bertz CT molecular complexity index is 531. The van der Waals surface area contributed by atoms with Gasteiger partial charge >= 0.3 is 6.09 Å². The summed E-state index contributed by atoms with van der Waals surface area (Å²) in [6, 6.07) is 4.40. The molecule has 1 aromatic rings. The maximum Gasteiger partial charge on any atom is 0.410 e. The van der Waals surface area contributed by atoms with E-state index in [9.17, 15) is 9.59 Å². The minimum atomic E-state index is -0.629. The quantitative estimate of drug-likeness (QED) is 0.893. The Hall–Kier alpha value is -2.44.